The molecule has 66 valence electrons. The Morgan fingerprint density at radius 3 is 2.91 bits per heavy atom. The van der Waals surface area contributed by atoms with E-state index >= 15 is 0 Å². The summed E-state index contributed by atoms with van der Waals surface area (Å²) in [6.07, 6.45) is 2.78. The molecule has 0 aliphatic carbocycles. The lowest BCUT2D eigenvalue weighted by atomic mass is 10.5. The minimum absolute atomic E-state index is 0.194. The SMILES string of the molecule is CSOCCCSCC(=O)O. The molecule has 0 fully saturated rings. The number of aliphatic carboxylic acids is 1. The first kappa shape index (κ1) is 11.1. The Hall–Kier alpha value is 0.130. The molecule has 0 aromatic heterocycles. The Balaban J connectivity index is 2.85. The molecule has 1 N–H and O–H groups in total. The van der Waals surface area contributed by atoms with Gasteiger partial charge < -0.3 is 9.29 Å². The molecule has 0 aromatic rings. The van der Waals surface area contributed by atoms with Crippen LogP contribution in [-0.2, 0) is 8.98 Å². The molecule has 0 unspecified atom stereocenters. The fourth-order valence-electron chi connectivity index (χ4n) is 0.463. The molecule has 0 amide bonds. The third-order valence-electron chi connectivity index (χ3n) is 0.860. The maximum absolute atomic E-state index is 10.0. The zero-order valence-electron chi connectivity index (χ0n) is 6.41. The minimum atomic E-state index is -0.749. The molecule has 11 heavy (non-hydrogen) atoms. The first-order valence-electron chi connectivity index (χ1n) is 3.22. The van der Waals surface area contributed by atoms with Crippen molar-refractivity contribution >= 4 is 29.8 Å². The monoisotopic (exact) mass is 196 g/mol. The number of carbonyl (C=O) groups is 1. The second-order valence-electron chi connectivity index (χ2n) is 1.79. The lowest BCUT2D eigenvalue weighted by Gasteiger charge is -1.97. The van der Waals surface area contributed by atoms with E-state index in [1.54, 1.807) is 0 Å². The van der Waals surface area contributed by atoms with E-state index in [-0.39, 0.29) is 5.75 Å². The van der Waals surface area contributed by atoms with Gasteiger partial charge in [-0.15, -0.1) is 0 Å². The first-order valence-corrected chi connectivity index (χ1v) is 5.53. The standard InChI is InChI=1S/C6H12O3S2/c1-10-9-3-2-4-11-5-6(7)8/h2-5H2,1H3,(H,7,8). The molecule has 0 saturated heterocycles. The van der Waals surface area contributed by atoms with E-state index in [0.717, 1.165) is 12.2 Å². The van der Waals surface area contributed by atoms with Crippen LogP contribution in [0.3, 0.4) is 0 Å². The molecule has 0 aliphatic heterocycles. The average molecular weight is 196 g/mol. The molecule has 0 aromatic carbocycles. The van der Waals surface area contributed by atoms with Crippen LogP contribution in [-0.4, -0.2) is 35.4 Å². The number of rotatable bonds is 7. The summed E-state index contributed by atoms with van der Waals surface area (Å²) in [6, 6.07) is 0. The van der Waals surface area contributed by atoms with Crippen LogP contribution < -0.4 is 0 Å². The highest BCUT2D eigenvalue weighted by Gasteiger charge is 1.95. The molecule has 0 radical (unpaired) electrons. The molecule has 3 nitrogen and oxygen atoms in total. The summed E-state index contributed by atoms with van der Waals surface area (Å²) in [5, 5.41) is 8.26. The highest BCUT2D eigenvalue weighted by Crippen LogP contribution is 2.03. The third-order valence-corrected chi connectivity index (χ3v) is 2.29. The van der Waals surface area contributed by atoms with Crippen LogP contribution in [0.4, 0.5) is 0 Å². The summed E-state index contributed by atoms with van der Waals surface area (Å²) >= 11 is 2.76. The van der Waals surface area contributed by atoms with Gasteiger partial charge in [0.15, 0.2) is 0 Å². The van der Waals surface area contributed by atoms with Gasteiger partial charge in [0.2, 0.25) is 0 Å². The number of carboxylic acids is 1. The molecule has 0 saturated carbocycles. The fourth-order valence-corrected chi connectivity index (χ4v) is 1.39. The normalized spacial score (nSPS) is 9.91. The van der Waals surface area contributed by atoms with Crippen LogP contribution in [0.15, 0.2) is 0 Å². The number of hydrogen-bond acceptors (Lipinski definition) is 4. The van der Waals surface area contributed by atoms with E-state index in [4.69, 9.17) is 9.29 Å². The summed E-state index contributed by atoms with van der Waals surface area (Å²) in [4.78, 5) is 10.0. The van der Waals surface area contributed by atoms with Crippen molar-refractivity contribution in [2.75, 3.05) is 24.4 Å². The number of hydrogen-bond donors (Lipinski definition) is 1. The Morgan fingerprint density at radius 2 is 2.36 bits per heavy atom. The van der Waals surface area contributed by atoms with Gasteiger partial charge in [-0.2, -0.15) is 11.8 Å². The summed E-state index contributed by atoms with van der Waals surface area (Å²) < 4.78 is 5.00. The van der Waals surface area contributed by atoms with Crippen LogP contribution in [0.2, 0.25) is 0 Å². The van der Waals surface area contributed by atoms with Crippen LogP contribution in [0.1, 0.15) is 6.42 Å². The summed E-state index contributed by atoms with van der Waals surface area (Å²) in [5.74, 6) is 0.298. The zero-order chi connectivity index (χ0) is 8.53. The van der Waals surface area contributed by atoms with Crippen LogP contribution >= 0.6 is 23.8 Å². The highest BCUT2D eigenvalue weighted by molar-refractivity contribution is 7.99. The maximum atomic E-state index is 10.0. The van der Waals surface area contributed by atoms with Gasteiger partial charge in [-0.25, -0.2) is 0 Å². The first-order chi connectivity index (χ1) is 5.27. The van der Waals surface area contributed by atoms with E-state index in [1.165, 1.54) is 23.8 Å². The zero-order valence-corrected chi connectivity index (χ0v) is 8.04. The van der Waals surface area contributed by atoms with Crippen molar-refractivity contribution in [1.82, 2.24) is 0 Å². The lowest BCUT2D eigenvalue weighted by Crippen LogP contribution is -1.99. The predicted octanol–water partition coefficient (Wildman–Crippen LogP) is 1.49. The molecule has 0 spiro atoms. The minimum Gasteiger partial charge on any atom is -0.481 e. The van der Waals surface area contributed by atoms with Crippen LogP contribution in [0.25, 0.3) is 0 Å². The topological polar surface area (TPSA) is 46.5 Å². The lowest BCUT2D eigenvalue weighted by molar-refractivity contribution is -0.133. The van der Waals surface area contributed by atoms with Gasteiger partial charge in [0.1, 0.15) is 0 Å². The van der Waals surface area contributed by atoms with E-state index < -0.39 is 5.97 Å². The van der Waals surface area contributed by atoms with Gasteiger partial charge in [0.25, 0.3) is 0 Å². The predicted molar refractivity (Wildman–Crippen MR) is 49.0 cm³/mol. The van der Waals surface area contributed by atoms with Gasteiger partial charge in [0.05, 0.1) is 12.4 Å². The van der Waals surface area contributed by atoms with Crippen molar-refractivity contribution in [3.05, 3.63) is 0 Å². The molecule has 0 atom stereocenters. The molecule has 0 aliphatic rings. The van der Waals surface area contributed by atoms with E-state index in [1.807, 2.05) is 6.26 Å². The van der Waals surface area contributed by atoms with Crippen molar-refractivity contribution in [2.24, 2.45) is 0 Å². The molecule has 0 heterocycles. The van der Waals surface area contributed by atoms with E-state index in [0.29, 0.717) is 6.61 Å². The largest absolute Gasteiger partial charge is 0.481 e. The smallest absolute Gasteiger partial charge is 0.313 e. The van der Waals surface area contributed by atoms with Crippen molar-refractivity contribution in [2.45, 2.75) is 6.42 Å². The van der Waals surface area contributed by atoms with Crippen LogP contribution in [0, 0.1) is 0 Å². The van der Waals surface area contributed by atoms with Crippen molar-refractivity contribution in [3.8, 4) is 0 Å². The molecule has 5 heteroatoms. The van der Waals surface area contributed by atoms with Gasteiger partial charge in [-0.05, 0) is 24.2 Å². The Morgan fingerprint density at radius 1 is 1.64 bits per heavy atom. The number of carboxylic acid groups (broad SMARTS) is 1. The molecule has 0 rings (SSSR count). The highest BCUT2D eigenvalue weighted by atomic mass is 32.2. The van der Waals surface area contributed by atoms with Gasteiger partial charge in [-0.3, -0.25) is 4.79 Å². The third kappa shape index (κ3) is 10.1. The fraction of sp³-hybridized carbons (Fsp3) is 0.833. The van der Waals surface area contributed by atoms with Gasteiger partial charge >= 0.3 is 5.97 Å². The van der Waals surface area contributed by atoms with Gasteiger partial charge in [0, 0.05) is 6.26 Å². The quantitative estimate of drug-likeness (QED) is 0.494. The Labute approximate surface area is 75.1 Å². The summed E-state index contributed by atoms with van der Waals surface area (Å²) in [5.41, 5.74) is 0. The van der Waals surface area contributed by atoms with Crippen LogP contribution in [0.5, 0.6) is 0 Å². The van der Waals surface area contributed by atoms with Crippen molar-refractivity contribution < 1.29 is 14.1 Å². The van der Waals surface area contributed by atoms with Crippen molar-refractivity contribution in [1.29, 1.82) is 0 Å². The van der Waals surface area contributed by atoms with Gasteiger partial charge in [-0.1, -0.05) is 0 Å². The number of thioether (sulfide) groups is 1. The maximum Gasteiger partial charge on any atom is 0.313 e. The summed E-state index contributed by atoms with van der Waals surface area (Å²) in [7, 11) is 0. The Kier molecular flexibility index (Phi) is 8.33. The molecular formula is C6H12O3S2. The molecule has 0 bridgehead atoms. The van der Waals surface area contributed by atoms with Crippen molar-refractivity contribution in [3.63, 3.8) is 0 Å². The average Bonchev–Trinajstić information content (AvgIpc) is 1.96. The second kappa shape index (κ2) is 8.23. The second-order valence-corrected chi connectivity index (χ2v) is 3.46. The van der Waals surface area contributed by atoms with E-state index in [2.05, 4.69) is 0 Å². The van der Waals surface area contributed by atoms with E-state index in [9.17, 15) is 4.79 Å². The Bertz CT molecular complexity index is 108. The molecular weight excluding hydrogens is 184 g/mol. The summed E-state index contributed by atoms with van der Waals surface area (Å²) in [6.45, 7) is 0.702.